The van der Waals surface area contributed by atoms with Gasteiger partial charge in [0, 0.05) is 12.4 Å². The monoisotopic (exact) mass is 188 g/mol. The third-order valence-corrected chi connectivity index (χ3v) is 1.86. The third-order valence-electron chi connectivity index (χ3n) is 1.86. The quantitative estimate of drug-likeness (QED) is 0.535. The number of hydrogen-bond acceptors (Lipinski definition) is 4. The summed E-state index contributed by atoms with van der Waals surface area (Å²) in [5, 5.41) is 10.2. The zero-order valence-electron chi connectivity index (χ0n) is 7.94. The molecule has 0 fully saturated rings. The molecule has 4 N–H and O–H groups in total. The van der Waals surface area contributed by atoms with Gasteiger partial charge in [-0.15, -0.1) is 0 Å². The predicted octanol–water partition coefficient (Wildman–Crippen LogP) is 0.977. The van der Waals surface area contributed by atoms with Crippen LogP contribution in [-0.4, -0.2) is 0 Å². The van der Waals surface area contributed by atoms with Crippen molar-refractivity contribution < 1.29 is 0 Å². The van der Waals surface area contributed by atoms with Crippen LogP contribution in [0.25, 0.3) is 0 Å². The molecule has 72 valence electrons. The number of hydrogen-bond donors (Lipinski definition) is 2. The van der Waals surface area contributed by atoms with Crippen molar-refractivity contribution in [1.29, 1.82) is 5.26 Å². The highest BCUT2D eigenvalue weighted by atomic mass is 15.4. The van der Waals surface area contributed by atoms with Gasteiger partial charge in [-0.3, -0.25) is 5.01 Å². The lowest BCUT2D eigenvalue weighted by molar-refractivity contribution is 1.05. The van der Waals surface area contributed by atoms with Crippen LogP contribution in [0, 0.1) is 18.3 Å². The maximum Gasteiger partial charge on any atom is 0.101 e. The summed E-state index contributed by atoms with van der Waals surface area (Å²) < 4.78 is 0. The topological polar surface area (TPSA) is 79.1 Å². The Kier molecular flexibility index (Phi) is 3.10. The highest BCUT2D eigenvalue weighted by Crippen LogP contribution is 2.22. The van der Waals surface area contributed by atoms with Gasteiger partial charge in [-0.2, -0.15) is 5.26 Å². The van der Waals surface area contributed by atoms with E-state index in [1.54, 1.807) is 6.07 Å². The molecular weight excluding hydrogens is 176 g/mol. The van der Waals surface area contributed by atoms with Crippen LogP contribution in [0.5, 0.6) is 0 Å². The lowest BCUT2D eigenvalue weighted by Gasteiger charge is -2.17. The Bertz CT molecular complexity index is 390. The van der Waals surface area contributed by atoms with Gasteiger partial charge in [-0.1, -0.05) is 12.1 Å². The first-order valence-corrected chi connectivity index (χ1v) is 4.12. The minimum absolute atomic E-state index is 0.533. The zero-order chi connectivity index (χ0) is 10.6. The highest BCUT2D eigenvalue weighted by molar-refractivity contribution is 5.64. The van der Waals surface area contributed by atoms with E-state index in [1.165, 1.54) is 17.4 Å². The molecule has 0 saturated carbocycles. The molecule has 0 aromatic heterocycles. The lowest BCUT2D eigenvalue weighted by Crippen LogP contribution is -2.26. The van der Waals surface area contributed by atoms with Crippen molar-refractivity contribution in [3.63, 3.8) is 0 Å². The first-order valence-electron chi connectivity index (χ1n) is 4.12. The minimum Gasteiger partial charge on any atom is -0.403 e. The summed E-state index contributed by atoms with van der Waals surface area (Å²) in [4.78, 5) is 0. The number of anilines is 1. The molecule has 0 radical (unpaired) electrons. The van der Waals surface area contributed by atoms with E-state index in [2.05, 4.69) is 6.07 Å². The van der Waals surface area contributed by atoms with Crippen molar-refractivity contribution in [2.75, 3.05) is 5.01 Å². The van der Waals surface area contributed by atoms with E-state index >= 15 is 0 Å². The Morgan fingerprint density at radius 1 is 1.50 bits per heavy atom. The van der Waals surface area contributed by atoms with Crippen LogP contribution < -0.4 is 16.6 Å². The Hall–Kier alpha value is -1.99. The molecule has 0 aliphatic heterocycles. The van der Waals surface area contributed by atoms with E-state index in [4.69, 9.17) is 16.8 Å². The van der Waals surface area contributed by atoms with Gasteiger partial charge in [0.1, 0.15) is 6.07 Å². The molecule has 14 heavy (non-hydrogen) atoms. The maximum absolute atomic E-state index is 8.87. The molecule has 0 heterocycles. The number of para-hydroxylation sites is 1. The van der Waals surface area contributed by atoms with Crippen molar-refractivity contribution in [3.8, 4) is 6.07 Å². The summed E-state index contributed by atoms with van der Waals surface area (Å²) in [5.41, 5.74) is 7.37. The van der Waals surface area contributed by atoms with Crippen LogP contribution in [0.2, 0.25) is 0 Å². The van der Waals surface area contributed by atoms with Gasteiger partial charge in [0.25, 0.3) is 0 Å². The average Bonchev–Trinajstić information content (AvgIpc) is 2.17. The lowest BCUT2D eigenvalue weighted by atomic mass is 10.1. The average molecular weight is 188 g/mol. The van der Waals surface area contributed by atoms with Gasteiger partial charge in [0.15, 0.2) is 0 Å². The van der Waals surface area contributed by atoms with E-state index in [1.807, 2.05) is 19.1 Å². The summed E-state index contributed by atoms with van der Waals surface area (Å²) in [6.07, 6.45) is 2.83. The normalized spacial score (nSPS) is 10.1. The van der Waals surface area contributed by atoms with Gasteiger partial charge < -0.3 is 5.73 Å². The highest BCUT2D eigenvalue weighted by Gasteiger charge is 2.07. The van der Waals surface area contributed by atoms with Gasteiger partial charge >= 0.3 is 0 Å². The number of benzene rings is 1. The van der Waals surface area contributed by atoms with Crippen LogP contribution in [0.4, 0.5) is 5.69 Å². The summed E-state index contributed by atoms with van der Waals surface area (Å²) in [7, 11) is 0. The molecule has 0 amide bonds. The smallest absolute Gasteiger partial charge is 0.101 e. The molecule has 0 bridgehead atoms. The summed E-state index contributed by atoms with van der Waals surface area (Å²) >= 11 is 0. The molecular formula is C10H12N4. The standard InChI is InChI=1S/C10H12N4/c1-8-3-2-4-9(7-12)10(8)14(13)6-5-11/h2-6H,11,13H2,1H3/b6-5-. The Morgan fingerprint density at radius 2 is 2.21 bits per heavy atom. The number of rotatable bonds is 2. The van der Waals surface area contributed by atoms with Crippen molar-refractivity contribution in [2.45, 2.75) is 6.92 Å². The van der Waals surface area contributed by atoms with Crippen LogP contribution in [0.15, 0.2) is 30.6 Å². The molecule has 1 rings (SSSR count). The number of aryl methyl sites for hydroxylation is 1. The Labute approximate surface area is 83.0 Å². The van der Waals surface area contributed by atoms with Gasteiger partial charge in [0.2, 0.25) is 0 Å². The molecule has 0 spiro atoms. The number of hydrazine groups is 1. The second-order valence-corrected chi connectivity index (χ2v) is 2.83. The molecule has 0 aliphatic rings. The molecule has 0 atom stereocenters. The number of nitrogens with zero attached hydrogens (tertiary/aromatic N) is 2. The van der Waals surface area contributed by atoms with Crippen LogP contribution in [-0.2, 0) is 0 Å². The Morgan fingerprint density at radius 3 is 2.79 bits per heavy atom. The van der Waals surface area contributed by atoms with Crippen molar-refractivity contribution in [3.05, 3.63) is 41.7 Å². The maximum atomic E-state index is 8.87. The molecule has 4 nitrogen and oxygen atoms in total. The first kappa shape index (κ1) is 10.1. The van der Waals surface area contributed by atoms with Crippen LogP contribution in [0.3, 0.4) is 0 Å². The van der Waals surface area contributed by atoms with E-state index in [0.29, 0.717) is 11.3 Å². The third kappa shape index (κ3) is 1.84. The van der Waals surface area contributed by atoms with Gasteiger partial charge in [-0.05, 0) is 18.6 Å². The van der Waals surface area contributed by atoms with Gasteiger partial charge in [-0.25, -0.2) is 5.84 Å². The molecule has 0 unspecified atom stereocenters. The molecule has 0 saturated heterocycles. The molecule has 1 aromatic carbocycles. The minimum atomic E-state index is 0.533. The van der Waals surface area contributed by atoms with Crippen LogP contribution in [0.1, 0.15) is 11.1 Å². The predicted molar refractivity (Wildman–Crippen MR) is 55.9 cm³/mol. The number of nitriles is 1. The summed E-state index contributed by atoms with van der Waals surface area (Å²) in [6.45, 7) is 1.89. The van der Waals surface area contributed by atoms with E-state index in [-0.39, 0.29) is 0 Å². The second-order valence-electron chi connectivity index (χ2n) is 2.83. The van der Waals surface area contributed by atoms with E-state index < -0.39 is 0 Å². The molecule has 1 aromatic rings. The fraction of sp³-hybridized carbons (Fsp3) is 0.100. The second kappa shape index (κ2) is 4.30. The zero-order valence-corrected chi connectivity index (χ0v) is 7.94. The largest absolute Gasteiger partial charge is 0.403 e. The molecule has 4 heteroatoms. The fourth-order valence-corrected chi connectivity index (χ4v) is 1.26. The first-order chi connectivity index (χ1) is 6.70. The Balaban J connectivity index is 3.25. The SMILES string of the molecule is Cc1cccc(C#N)c1N(N)/C=C\N. The summed E-state index contributed by atoms with van der Waals surface area (Å²) in [5.74, 6) is 5.70. The van der Waals surface area contributed by atoms with E-state index in [9.17, 15) is 0 Å². The van der Waals surface area contributed by atoms with Gasteiger partial charge in [0.05, 0.1) is 11.3 Å². The van der Waals surface area contributed by atoms with Crippen molar-refractivity contribution in [1.82, 2.24) is 0 Å². The van der Waals surface area contributed by atoms with Crippen LogP contribution >= 0.6 is 0 Å². The summed E-state index contributed by atoms with van der Waals surface area (Å²) in [6, 6.07) is 7.50. The number of nitrogens with two attached hydrogens (primary N) is 2. The van der Waals surface area contributed by atoms with Crippen molar-refractivity contribution >= 4 is 5.69 Å². The molecule has 0 aliphatic carbocycles. The van der Waals surface area contributed by atoms with Crippen molar-refractivity contribution in [2.24, 2.45) is 11.6 Å². The fourth-order valence-electron chi connectivity index (χ4n) is 1.26. The van der Waals surface area contributed by atoms with E-state index in [0.717, 1.165) is 5.56 Å².